The third-order valence-electron chi connectivity index (χ3n) is 1.82. The van der Waals surface area contributed by atoms with Crippen LogP contribution in [-0.2, 0) is 0 Å². The summed E-state index contributed by atoms with van der Waals surface area (Å²) in [6, 6.07) is 3.42. The maximum absolute atomic E-state index is 11.8. The molecule has 0 aliphatic carbocycles. The zero-order chi connectivity index (χ0) is 11.4. The van der Waals surface area contributed by atoms with Gasteiger partial charge in [0.15, 0.2) is 0 Å². The minimum Gasteiger partial charge on any atom is -0.393 e. The molecule has 1 amide bonds. The fraction of sp³-hybridized carbons (Fsp3) is 0.333. The number of nitrogens with two attached hydrogens (primary N) is 1. The molecule has 0 saturated heterocycles. The number of thiocarbonyl (C=S) groups is 1. The molecular formula is C9H11ClN2OS2. The van der Waals surface area contributed by atoms with Gasteiger partial charge in [-0.2, -0.15) is 0 Å². The maximum Gasteiger partial charge on any atom is 0.263 e. The molecule has 0 spiro atoms. The molecule has 6 heteroatoms. The van der Waals surface area contributed by atoms with Crippen molar-refractivity contribution in [3.63, 3.8) is 0 Å². The summed E-state index contributed by atoms with van der Waals surface area (Å²) in [5, 5.41) is 0. The number of rotatable bonds is 4. The summed E-state index contributed by atoms with van der Waals surface area (Å²) in [6.45, 7) is 0.531. The highest BCUT2D eigenvalue weighted by Crippen LogP contribution is 2.22. The summed E-state index contributed by atoms with van der Waals surface area (Å²) in [5.41, 5.74) is 5.36. The van der Waals surface area contributed by atoms with Crippen molar-refractivity contribution in [2.24, 2.45) is 5.73 Å². The first kappa shape index (κ1) is 12.4. The molecule has 0 unspecified atom stereocenters. The van der Waals surface area contributed by atoms with Gasteiger partial charge in [0.2, 0.25) is 0 Å². The van der Waals surface area contributed by atoms with Crippen molar-refractivity contribution in [2.45, 2.75) is 6.42 Å². The van der Waals surface area contributed by atoms with Gasteiger partial charge in [0.05, 0.1) is 14.2 Å². The van der Waals surface area contributed by atoms with Crippen LogP contribution in [-0.4, -0.2) is 29.4 Å². The quantitative estimate of drug-likeness (QED) is 0.846. The van der Waals surface area contributed by atoms with E-state index in [2.05, 4.69) is 0 Å². The third kappa shape index (κ3) is 3.77. The number of hydrogen-bond acceptors (Lipinski definition) is 3. The molecule has 0 aliphatic heterocycles. The highest BCUT2D eigenvalue weighted by Gasteiger charge is 2.13. The molecule has 0 aromatic carbocycles. The van der Waals surface area contributed by atoms with E-state index < -0.39 is 0 Å². The predicted molar refractivity (Wildman–Crippen MR) is 67.7 cm³/mol. The van der Waals surface area contributed by atoms with E-state index in [4.69, 9.17) is 29.6 Å². The zero-order valence-corrected chi connectivity index (χ0v) is 10.6. The Morgan fingerprint density at radius 1 is 1.67 bits per heavy atom. The van der Waals surface area contributed by atoms with Crippen LogP contribution in [0.1, 0.15) is 16.1 Å². The number of hydrogen-bond donors (Lipinski definition) is 1. The molecular weight excluding hydrogens is 252 g/mol. The van der Waals surface area contributed by atoms with Crippen LogP contribution in [0.4, 0.5) is 0 Å². The van der Waals surface area contributed by atoms with Crippen LogP contribution >= 0.6 is 35.2 Å². The molecule has 82 valence electrons. The number of halogens is 1. The topological polar surface area (TPSA) is 46.3 Å². The Kier molecular flexibility index (Phi) is 4.50. The van der Waals surface area contributed by atoms with E-state index in [1.807, 2.05) is 0 Å². The van der Waals surface area contributed by atoms with Crippen LogP contribution in [0.15, 0.2) is 12.1 Å². The van der Waals surface area contributed by atoms with Crippen molar-refractivity contribution < 1.29 is 4.79 Å². The van der Waals surface area contributed by atoms with Crippen LogP contribution in [0.25, 0.3) is 0 Å². The van der Waals surface area contributed by atoms with Gasteiger partial charge in [-0.05, 0) is 12.1 Å². The third-order valence-corrected chi connectivity index (χ3v) is 3.25. The van der Waals surface area contributed by atoms with E-state index in [0.717, 1.165) is 0 Å². The molecule has 0 aliphatic rings. The van der Waals surface area contributed by atoms with Crippen molar-refractivity contribution in [1.82, 2.24) is 4.90 Å². The summed E-state index contributed by atoms with van der Waals surface area (Å²) >= 11 is 11.8. The number of thiophene rings is 1. The summed E-state index contributed by atoms with van der Waals surface area (Å²) in [5.74, 6) is -0.0526. The first-order valence-electron chi connectivity index (χ1n) is 4.30. The van der Waals surface area contributed by atoms with Crippen molar-refractivity contribution in [1.29, 1.82) is 0 Å². The highest BCUT2D eigenvalue weighted by molar-refractivity contribution is 7.80. The summed E-state index contributed by atoms with van der Waals surface area (Å²) in [6.07, 6.45) is 0.538. The molecule has 0 fully saturated rings. The van der Waals surface area contributed by atoms with Gasteiger partial charge in [-0.25, -0.2) is 0 Å². The van der Waals surface area contributed by atoms with Crippen LogP contribution in [0.2, 0.25) is 4.34 Å². The second kappa shape index (κ2) is 5.44. The average molecular weight is 263 g/mol. The number of carbonyl (C=O) groups excluding carboxylic acids is 1. The Labute approximate surface area is 103 Å². The van der Waals surface area contributed by atoms with Crippen molar-refractivity contribution in [3.05, 3.63) is 21.3 Å². The number of nitrogens with zero attached hydrogens (tertiary/aromatic N) is 1. The molecule has 1 aromatic heterocycles. The Morgan fingerprint density at radius 3 is 2.80 bits per heavy atom. The van der Waals surface area contributed by atoms with E-state index in [9.17, 15) is 4.79 Å². The lowest BCUT2D eigenvalue weighted by atomic mass is 10.3. The summed E-state index contributed by atoms with van der Waals surface area (Å²) < 4.78 is 0.612. The lowest BCUT2D eigenvalue weighted by Crippen LogP contribution is -2.29. The Balaban J connectivity index is 2.57. The summed E-state index contributed by atoms with van der Waals surface area (Å²) in [4.78, 5) is 14.4. The molecule has 0 bridgehead atoms. The van der Waals surface area contributed by atoms with E-state index >= 15 is 0 Å². The Morgan fingerprint density at radius 2 is 2.33 bits per heavy atom. The summed E-state index contributed by atoms with van der Waals surface area (Å²) in [7, 11) is 1.72. The fourth-order valence-electron chi connectivity index (χ4n) is 0.997. The molecule has 2 N–H and O–H groups in total. The lowest BCUT2D eigenvalue weighted by Gasteiger charge is -2.15. The molecule has 0 saturated carbocycles. The average Bonchev–Trinajstić information content (AvgIpc) is 2.60. The fourth-order valence-corrected chi connectivity index (χ4v) is 2.13. The van der Waals surface area contributed by atoms with Gasteiger partial charge in [-0.15, -0.1) is 11.3 Å². The van der Waals surface area contributed by atoms with Gasteiger partial charge in [0.1, 0.15) is 0 Å². The molecule has 1 heterocycles. The molecule has 0 radical (unpaired) electrons. The second-order valence-electron chi connectivity index (χ2n) is 3.05. The van der Waals surface area contributed by atoms with Crippen LogP contribution < -0.4 is 5.73 Å². The monoisotopic (exact) mass is 262 g/mol. The van der Waals surface area contributed by atoms with Crippen LogP contribution in [0, 0.1) is 0 Å². The van der Waals surface area contributed by atoms with E-state index in [-0.39, 0.29) is 5.91 Å². The first-order valence-corrected chi connectivity index (χ1v) is 5.90. The van der Waals surface area contributed by atoms with Gasteiger partial charge < -0.3 is 10.6 Å². The molecule has 0 atom stereocenters. The Bertz CT molecular complexity index is 378. The van der Waals surface area contributed by atoms with Crippen molar-refractivity contribution in [2.75, 3.05) is 13.6 Å². The van der Waals surface area contributed by atoms with Gasteiger partial charge >= 0.3 is 0 Å². The number of amides is 1. The maximum atomic E-state index is 11.8. The van der Waals surface area contributed by atoms with Crippen molar-refractivity contribution in [3.8, 4) is 0 Å². The van der Waals surface area contributed by atoms with E-state index in [1.165, 1.54) is 11.3 Å². The molecule has 3 nitrogen and oxygen atoms in total. The number of carbonyl (C=O) groups is 1. The van der Waals surface area contributed by atoms with Gasteiger partial charge in [0.25, 0.3) is 5.91 Å². The van der Waals surface area contributed by atoms with E-state index in [1.54, 1.807) is 24.1 Å². The van der Waals surface area contributed by atoms with Crippen LogP contribution in [0.3, 0.4) is 0 Å². The predicted octanol–water partition coefficient (Wildman–Crippen LogP) is 2.15. The van der Waals surface area contributed by atoms with Gasteiger partial charge in [0, 0.05) is 20.0 Å². The zero-order valence-electron chi connectivity index (χ0n) is 8.20. The largest absolute Gasteiger partial charge is 0.393 e. The van der Waals surface area contributed by atoms with Crippen molar-refractivity contribution >= 4 is 46.1 Å². The van der Waals surface area contributed by atoms with Gasteiger partial charge in [-0.1, -0.05) is 23.8 Å². The Hall–Kier alpha value is -0.650. The first-order chi connectivity index (χ1) is 7.00. The van der Waals surface area contributed by atoms with Gasteiger partial charge in [-0.3, -0.25) is 4.79 Å². The van der Waals surface area contributed by atoms with Crippen LogP contribution in [0.5, 0.6) is 0 Å². The van der Waals surface area contributed by atoms with E-state index in [0.29, 0.717) is 27.2 Å². The SMILES string of the molecule is CN(CCC(N)=S)C(=O)c1ccc(Cl)s1. The highest BCUT2D eigenvalue weighted by atomic mass is 35.5. The lowest BCUT2D eigenvalue weighted by molar-refractivity contribution is 0.0803. The smallest absolute Gasteiger partial charge is 0.263 e. The molecule has 1 aromatic rings. The standard InChI is InChI=1S/C9H11ClN2OS2/c1-12(5-4-8(11)14)9(13)6-2-3-7(10)15-6/h2-3H,4-5H2,1H3,(H2,11,14). The minimum atomic E-state index is -0.0526. The second-order valence-corrected chi connectivity index (χ2v) is 5.29. The minimum absolute atomic E-state index is 0.0526. The normalized spacial score (nSPS) is 10.0. The molecule has 1 rings (SSSR count). The molecule has 15 heavy (non-hydrogen) atoms.